The van der Waals surface area contributed by atoms with Crippen molar-refractivity contribution in [3.05, 3.63) is 0 Å². The van der Waals surface area contributed by atoms with Crippen LogP contribution in [0.1, 0.15) is 33.1 Å². The normalized spacial score (nSPS) is 36.7. The molecule has 0 spiro atoms. The maximum Gasteiger partial charge on any atom is 0.282 e. The molecular formula is C12H23ClN2O2S. The minimum Gasteiger partial charge on any atom is -0.195 e. The topological polar surface area (TPSA) is 40.6 Å². The van der Waals surface area contributed by atoms with Gasteiger partial charge in [-0.2, -0.15) is 17.0 Å². The maximum atomic E-state index is 12.5. The number of alkyl halides is 1. The molecule has 4 nitrogen and oxygen atoms in total. The molecule has 0 aromatic rings. The van der Waals surface area contributed by atoms with Gasteiger partial charge < -0.3 is 0 Å². The van der Waals surface area contributed by atoms with E-state index in [4.69, 9.17) is 11.6 Å². The van der Waals surface area contributed by atoms with Gasteiger partial charge in [-0.25, -0.2) is 0 Å². The first-order valence-electron chi connectivity index (χ1n) is 6.80. The zero-order chi connectivity index (χ0) is 13.3. The van der Waals surface area contributed by atoms with Crippen LogP contribution < -0.4 is 0 Å². The molecule has 18 heavy (non-hydrogen) atoms. The summed E-state index contributed by atoms with van der Waals surface area (Å²) in [5, 5.41) is -0.0595. The maximum absolute atomic E-state index is 12.5. The molecule has 6 heteroatoms. The first kappa shape index (κ1) is 14.6. The Hall–Kier alpha value is 0.160. The number of hydrogen-bond donors (Lipinski definition) is 0. The molecule has 0 saturated carbocycles. The summed E-state index contributed by atoms with van der Waals surface area (Å²) in [6, 6.07) is 0. The summed E-state index contributed by atoms with van der Waals surface area (Å²) < 4.78 is 28.3. The molecular weight excluding hydrogens is 272 g/mol. The quantitative estimate of drug-likeness (QED) is 0.730. The van der Waals surface area contributed by atoms with Crippen molar-refractivity contribution < 1.29 is 8.42 Å². The Bertz CT molecular complexity index is 388. The molecule has 0 N–H and O–H groups in total. The molecule has 2 rings (SSSR count). The molecule has 0 aromatic carbocycles. The molecule has 2 aliphatic rings. The first-order valence-corrected chi connectivity index (χ1v) is 8.64. The number of nitrogens with zero attached hydrogens (tertiary/aromatic N) is 2. The highest BCUT2D eigenvalue weighted by Crippen LogP contribution is 2.27. The average Bonchev–Trinajstić information content (AvgIpc) is 2.32. The highest BCUT2D eigenvalue weighted by Gasteiger charge is 2.36. The second kappa shape index (κ2) is 5.65. The largest absolute Gasteiger partial charge is 0.282 e. The van der Waals surface area contributed by atoms with Gasteiger partial charge in [0.2, 0.25) is 0 Å². The monoisotopic (exact) mass is 294 g/mol. The van der Waals surface area contributed by atoms with Gasteiger partial charge in [0.15, 0.2) is 0 Å². The minimum atomic E-state index is -3.29. The van der Waals surface area contributed by atoms with Crippen molar-refractivity contribution >= 4 is 21.8 Å². The highest BCUT2D eigenvalue weighted by atomic mass is 35.5. The summed E-state index contributed by atoms with van der Waals surface area (Å²) in [6.07, 6.45) is 2.95. The van der Waals surface area contributed by atoms with E-state index in [0.717, 1.165) is 19.3 Å². The molecule has 0 aromatic heterocycles. The van der Waals surface area contributed by atoms with Gasteiger partial charge in [0.05, 0.1) is 5.38 Å². The summed E-state index contributed by atoms with van der Waals surface area (Å²) in [5.74, 6) is 0.863. The van der Waals surface area contributed by atoms with Gasteiger partial charge in [0.25, 0.3) is 10.2 Å². The molecule has 2 fully saturated rings. The molecule has 2 aliphatic heterocycles. The Morgan fingerprint density at radius 3 is 2.33 bits per heavy atom. The van der Waals surface area contributed by atoms with E-state index in [-0.39, 0.29) is 5.38 Å². The zero-order valence-electron chi connectivity index (χ0n) is 11.2. The minimum absolute atomic E-state index is 0.0595. The van der Waals surface area contributed by atoms with Crippen LogP contribution in [-0.2, 0) is 10.2 Å². The van der Waals surface area contributed by atoms with Crippen LogP contribution in [0.5, 0.6) is 0 Å². The molecule has 0 bridgehead atoms. The van der Waals surface area contributed by atoms with Crippen LogP contribution >= 0.6 is 11.6 Å². The van der Waals surface area contributed by atoms with Gasteiger partial charge in [-0.3, -0.25) is 0 Å². The van der Waals surface area contributed by atoms with Crippen LogP contribution in [0.15, 0.2) is 0 Å². The molecule has 2 saturated heterocycles. The Balaban J connectivity index is 2.06. The van der Waals surface area contributed by atoms with Crippen molar-refractivity contribution in [3.8, 4) is 0 Å². The van der Waals surface area contributed by atoms with Gasteiger partial charge in [-0.15, -0.1) is 11.6 Å². The van der Waals surface area contributed by atoms with Gasteiger partial charge in [0, 0.05) is 26.2 Å². The summed E-state index contributed by atoms with van der Waals surface area (Å²) >= 11 is 6.21. The third kappa shape index (κ3) is 3.00. The van der Waals surface area contributed by atoms with Crippen LogP contribution in [0, 0.1) is 11.8 Å². The Kier molecular flexibility index (Phi) is 4.57. The SMILES string of the molecule is CC1CCCN(S(=O)(=O)N2CCC(C)C(Cl)C2)C1. The first-order chi connectivity index (χ1) is 8.41. The predicted octanol–water partition coefficient (Wildman–Crippen LogP) is 1.91. The number of rotatable bonds is 2. The van der Waals surface area contributed by atoms with Crippen molar-refractivity contribution in [1.82, 2.24) is 8.61 Å². The van der Waals surface area contributed by atoms with Crippen molar-refractivity contribution in [3.63, 3.8) is 0 Å². The fraction of sp³-hybridized carbons (Fsp3) is 1.00. The molecule has 3 unspecified atom stereocenters. The van der Waals surface area contributed by atoms with Crippen LogP contribution in [0.4, 0.5) is 0 Å². The van der Waals surface area contributed by atoms with Crippen LogP contribution in [0.2, 0.25) is 0 Å². The lowest BCUT2D eigenvalue weighted by molar-refractivity contribution is 0.235. The number of halogens is 1. The summed E-state index contributed by atoms with van der Waals surface area (Å²) in [6.45, 7) is 6.58. The van der Waals surface area contributed by atoms with Crippen molar-refractivity contribution in [2.75, 3.05) is 26.2 Å². The van der Waals surface area contributed by atoms with Gasteiger partial charge in [-0.1, -0.05) is 13.8 Å². The Labute approximate surface area is 115 Å². The Morgan fingerprint density at radius 1 is 1.06 bits per heavy atom. The third-order valence-electron chi connectivity index (χ3n) is 4.10. The van der Waals surface area contributed by atoms with Crippen molar-refractivity contribution in [2.24, 2.45) is 11.8 Å². The van der Waals surface area contributed by atoms with Gasteiger partial charge in [0.1, 0.15) is 0 Å². The molecule has 0 amide bonds. The standard InChI is InChI=1S/C12H23ClN2O2S/c1-10-4-3-6-14(8-10)18(16,17)15-7-5-11(2)12(13)9-15/h10-12H,3-9H2,1-2H3. The second-order valence-corrected chi connectivity index (χ2v) is 8.24. The van der Waals surface area contributed by atoms with E-state index >= 15 is 0 Å². The van der Waals surface area contributed by atoms with E-state index in [1.807, 2.05) is 0 Å². The van der Waals surface area contributed by atoms with E-state index in [1.54, 1.807) is 8.61 Å². The average molecular weight is 295 g/mol. The fourth-order valence-corrected chi connectivity index (χ4v) is 4.91. The van der Waals surface area contributed by atoms with E-state index in [0.29, 0.717) is 38.0 Å². The lowest BCUT2D eigenvalue weighted by atomic mass is 10.0. The lowest BCUT2D eigenvalue weighted by Crippen LogP contribution is -2.52. The smallest absolute Gasteiger partial charge is 0.195 e. The third-order valence-corrected chi connectivity index (χ3v) is 6.64. The molecule has 0 aliphatic carbocycles. The summed E-state index contributed by atoms with van der Waals surface area (Å²) in [5.41, 5.74) is 0. The summed E-state index contributed by atoms with van der Waals surface area (Å²) in [7, 11) is -3.29. The lowest BCUT2D eigenvalue weighted by Gasteiger charge is -2.38. The van der Waals surface area contributed by atoms with Crippen molar-refractivity contribution in [1.29, 1.82) is 0 Å². The van der Waals surface area contributed by atoms with Gasteiger partial charge in [-0.05, 0) is 31.1 Å². The van der Waals surface area contributed by atoms with Crippen molar-refractivity contribution in [2.45, 2.75) is 38.5 Å². The zero-order valence-corrected chi connectivity index (χ0v) is 12.8. The van der Waals surface area contributed by atoms with Crippen LogP contribution in [0.25, 0.3) is 0 Å². The highest BCUT2D eigenvalue weighted by molar-refractivity contribution is 7.86. The second-order valence-electron chi connectivity index (χ2n) is 5.75. The van der Waals surface area contributed by atoms with E-state index in [1.165, 1.54) is 0 Å². The number of piperidine rings is 2. The molecule has 106 valence electrons. The summed E-state index contributed by atoms with van der Waals surface area (Å²) in [4.78, 5) is 0. The van der Waals surface area contributed by atoms with E-state index in [9.17, 15) is 8.42 Å². The number of hydrogen-bond acceptors (Lipinski definition) is 2. The van der Waals surface area contributed by atoms with Crippen LogP contribution in [-0.4, -0.2) is 48.6 Å². The molecule has 3 atom stereocenters. The Morgan fingerprint density at radius 2 is 1.72 bits per heavy atom. The van der Waals surface area contributed by atoms with Gasteiger partial charge >= 0.3 is 0 Å². The van der Waals surface area contributed by atoms with E-state index < -0.39 is 10.2 Å². The van der Waals surface area contributed by atoms with E-state index in [2.05, 4.69) is 13.8 Å². The molecule has 0 radical (unpaired) electrons. The fourth-order valence-electron chi connectivity index (χ4n) is 2.72. The van der Waals surface area contributed by atoms with Crippen LogP contribution in [0.3, 0.4) is 0 Å². The molecule has 2 heterocycles. The predicted molar refractivity (Wildman–Crippen MR) is 73.9 cm³/mol.